The largest absolute Gasteiger partial charge is 0.379 e. The zero-order chi connectivity index (χ0) is 21.8. The highest BCUT2D eigenvalue weighted by molar-refractivity contribution is 6.29. The zero-order valence-electron chi connectivity index (χ0n) is 18.2. The molecule has 6 heteroatoms. The lowest BCUT2D eigenvalue weighted by Gasteiger charge is -2.32. The van der Waals surface area contributed by atoms with Gasteiger partial charge in [-0.3, -0.25) is 19.5 Å². The van der Waals surface area contributed by atoms with E-state index in [1.54, 1.807) is 12.3 Å². The van der Waals surface area contributed by atoms with Crippen LogP contribution in [0.2, 0.25) is 0 Å². The summed E-state index contributed by atoms with van der Waals surface area (Å²) in [4.78, 5) is 35.0. The topological polar surface area (TPSA) is 62.2 Å². The Morgan fingerprint density at radius 1 is 1.06 bits per heavy atom. The van der Waals surface area contributed by atoms with Crippen molar-refractivity contribution in [2.45, 2.75) is 26.2 Å². The third-order valence-electron chi connectivity index (χ3n) is 6.15. The van der Waals surface area contributed by atoms with E-state index >= 15 is 0 Å². The minimum atomic E-state index is -0.558. The van der Waals surface area contributed by atoms with Crippen molar-refractivity contribution in [3.8, 4) is 0 Å². The molecule has 0 bridgehead atoms. The summed E-state index contributed by atoms with van der Waals surface area (Å²) < 4.78 is 5.38. The third kappa shape index (κ3) is 4.45. The zero-order valence-corrected chi connectivity index (χ0v) is 18.2. The van der Waals surface area contributed by atoms with Crippen molar-refractivity contribution in [3.63, 3.8) is 0 Å². The number of hydrogen-bond donors (Lipinski definition) is 0. The van der Waals surface area contributed by atoms with Crippen molar-refractivity contribution >= 4 is 23.7 Å². The van der Waals surface area contributed by atoms with Crippen LogP contribution in [0, 0.1) is 13.8 Å². The number of anilines is 1. The average Bonchev–Trinajstić information content (AvgIpc) is 2.79. The number of fused-ring (bicyclic) bond motifs is 1. The Morgan fingerprint density at radius 2 is 1.84 bits per heavy atom. The summed E-state index contributed by atoms with van der Waals surface area (Å²) in [6.07, 6.45) is 2.66. The van der Waals surface area contributed by atoms with Gasteiger partial charge in [0.05, 0.1) is 24.8 Å². The van der Waals surface area contributed by atoms with Gasteiger partial charge in [0.2, 0.25) is 5.91 Å². The Bertz CT molecular complexity index is 995. The first kappa shape index (κ1) is 21.4. The number of ether oxygens (including phenoxy) is 1. The molecule has 2 heterocycles. The van der Waals surface area contributed by atoms with Crippen LogP contribution in [-0.4, -0.2) is 62.3 Å². The third-order valence-corrected chi connectivity index (χ3v) is 6.15. The highest BCUT2D eigenvalue weighted by atomic mass is 16.5. The van der Waals surface area contributed by atoms with Crippen molar-refractivity contribution in [1.82, 2.24) is 4.90 Å². The molecule has 0 saturated carbocycles. The fourth-order valence-corrected chi connectivity index (χ4v) is 4.20. The Hall–Kier alpha value is -2.83. The molecule has 1 atom stereocenters. The molecule has 0 aliphatic carbocycles. The molecule has 2 aliphatic rings. The van der Waals surface area contributed by atoms with E-state index in [1.807, 2.05) is 50.2 Å². The molecule has 162 valence electrons. The Morgan fingerprint density at radius 3 is 2.65 bits per heavy atom. The van der Waals surface area contributed by atoms with Gasteiger partial charge in [-0.1, -0.05) is 30.3 Å². The SMILES string of the molecule is Cc1cccc(N2C(=O)c3ccccc3[C@@H](C=NCCCN3CCOCC3)C2=O)c1C. The monoisotopic (exact) mass is 419 g/mol. The molecule has 31 heavy (non-hydrogen) atoms. The first-order chi connectivity index (χ1) is 15.1. The lowest BCUT2D eigenvalue weighted by atomic mass is 9.88. The molecule has 2 amide bonds. The lowest BCUT2D eigenvalue weighted by Crippen LogP contribution is -2.46. The summed E-state index contributed by atoms with van der Waals surface area (Å²) in [5.41, 5.74) is 3.93. The maximum absolute atomic E-state index is 13.5. The first-order valence-corrected chi connectivity index (χ1v) is 10.9. The van der Waals surface area contributed by atoms with E-state index in [2.05, 4.69) is 9.89 Å². The number of rotatable bonds is 6. The molecule has 2 aliphatic heterocycles. The van der Waals surface area contributed by atoms with Crippen LogP contribution in [0.5, 0.6) is 0 Å². The molecule has 2 aromatic carbocycles. The Balaban J connectivity index is 1.54. The van der Waals surface area contributed by atoms with E-state index in [1.165, 1.54) is 4.90 Å². The molecule has 0 unspecified atom stereocenters. The van der Waals surface area contributed by atoms with E-state index in [0.717, 1.165) is 56.0 Å². The van der Waals surface area contributed by atoms with Crippen LogP contribution in [0.3, 0.4) is 0 Å². The van der Waals surface area contributed by atoms with Crippen molar-refractivity contribution in [2.75, 3.05) is 44.3 Å². The summed E-state index contributed by atoms with van der Waals surface area (Å²) in [7, 11) is 0. The molecule has 0 N–H and O–H groups in total. The van der Waals surface area contributed by atoms with Crippen LogP contribution in [0.1, 0.15) is 39.4 Å². The number of carbonyl (C=O) groups is 2. The molecular weight excluding hydrogens is 390 g/mol. The van der Waals surface area contributed by atoms with E-state index in [-0.39, 0.29) is 11.8 Å². The number of imide groups is 1. The van der Waals surface area contributed by atoms with Gasteiger partial charge in [-0.05, 0) is 49.1 Å². The molecule has 0 radical (unpaired) electrons. The van der Waals surface area contributed by atoms with Crippen molar-refractivity contribution in [2.24, 2.45) is 4.99 Å². The minimum Gasteiger partial charge on any atom is -0.379 e. The molecule has 1 fully saturated rings. The molecule has 4 rings (SSSR count). The van der Waals surface area contributed by atoms with E-state index in [4.69, 9.17) is 4.74 Å². The lowest BCUT2D eigenvalue weighted by molar-refractivity contribution is -0.118. The second-order valence-electron chi connectivity index (χ2n) is 8.13. The second kappa shape index (κ2) is 9.54. The molecular formula is C25H29N3O3. The number of amides is 2. The number of benzene rings is 2. The van der Waals surface area contributed by atoms with Crippen molar-refractivity contribution in [3.05, 3.63) is 64.7 Å². The molecule has 0 aromatic heterocycles. The van der Waals surface area contributed by atoms with E-state index < -0.39 is 5.92 Å². The number of carbonyl (C=O) groups excluding carboxylic acids is 2. The Labute approximate surface area is 183 Å². The quantitative estimate of drug-likeness (QED) is 0.409. The second-order valence-corrected chi connectivity index (χ2v) is 8.13. The first-order valence-electron chi connectivity index (χ1n) is 10.9. The predicted molar refractivity (Wildman–Crippen MR) is 122 cm³/mol. The predicted octanol–water partition coefficient (Wildman–Crippen LogP) is 3.37. The molecule has 1 saturated heterocycles. The maximum atomic E-state index is 13.5. The van der Waals surface area contributed by atoms with Crippen LogP contribution in [-0.2, 0) is 9.53 Å². The fraction of sp³-hybridized carbons (Fsp3) is 0.400. The molecule has 0 spiro atoms. The van der Waals surface area contributed by atoms with E-state index in [0.29, 0.717) is 17.8 Å². The summed E-state index contributed by atoms with van der Waals surface area (Å²) in [5.74, 6) is -1.07. The van der Waals surface area contributed by atoms with Crippen LogP contribution in [0.4, 0.5) is 5.69 Å². The van der Waals surface area contributed by atoms with Gasteiger partial charge in [-0.15, -0.1) is 0 Å². The summed E-state index contributed by atoms with van der Waals surface area (Å²) in [5, 5.41) is 0. The highest BCUT2D eigenvalue weighted by Crippen LogP contribution is 2.34. The molecule has 6 nitrogen and oxygen atoms in total. The standard InChI is InChI=1S/C25H29N3O3/c1-18-7-5-10-23(19(18)2)28-24(29)21-9-4-3-8-20(21)22(25(28)30)17-26-11-6-12-27-13-15-31-16-14-27/h3-5,7-10,17,22H,6,11-16H2,1-2H3/t22-/m1/s1. The number of morpholine rings is 1. The minimum absolute atomic E-state index is 0.241. The number of aryl methyl sites for hydroxylation is 1. The number of hydrogen-bond acceptors (Lipinski definition) is 5. The summed E-state index contributed by atoms with van der Waals surface area (Å²) in [6.45, 7) is 9.07. The van der Waals surface area contributed by atoms with Gasteiger partial charge in [-0.25, -0.2) is 4.90 Å². The normalized spacial score (nSPS) is 19.8. The van der Waals surface area contributed by atoms with Gasteiger partial charge in [-0.2, -0.15) is 0 Å². The van der Waals surface area contributed by atoms with Crippen molar-refractivity contribution in [1.29, 1.82) is 0 Å². The fourth-order valence-electron chi connectivity index (χ4n) is 4.20. The highest BCUT2D eigenvalue weighted by Gasteiger charge is 2.39. The maximum Gasteiger partial charge on any atom is 0.265 e. The van der Waals surface area contributed by atoms with Gasteiger partial charge in [0, 0.05) is 38.0 Å². The summed E-state index contributed by atoms with van der Waals surface area (Å²) in [6, 6.07) is 13.1. The number of aliphatic imine (C=N–C) groups is 1. The van der Waals surface area contributed by atoms with Gasteiger partial charge in [0.1, 0.15) is 0 Å². The van der Waals surface area contributed by atoms with Crippen LogP contribution in [0.25, 0.3) is 0 Å². The van der Waals surface area contributed by atoms with Crippen LogP contribution in [0.15, 0.2) is 47.5 Å². The van der Waals surface area contributed by atoms with Gasteiger partial charge in [0.25, 0.3) is 5.91 Å². The average molecular weight is 420 g/mol. The van der Waals surface area contributed by atoms with Crippen LogP contribution >= 0.6 is 0 Å². The van der Waals surface area contributed by atoms with Gasteiger partial charge >= 0.3 is 0 Å². The smallest absolute Gasteiger partial charge is 0.265 e. The molecule has 2 aromatic rings. The summed E-state index contributed by atoms with van der Waals surface area (Å²) >= 11 is 0. The van der Waals surface area contributed by atoms with Gasteiger partial charge in [0.15, 0.2) is 0 Å². The van der Waals surface area contributed by atoms with Crippen molar-refractivity contribution < 1.29 is 14.3 Å². The van der Waals surface area contributed by atoms with E-state index in [9.17, 15) is 9.59 Å². The van der Waals surface area contributed by atoms with Gasteiger partial charge < -0.3 is 4.74 Å². The van der Waals surface area contributed by atoms with Crippen LogP contribution < -0.4 is 4.90 Å². The number of nitrogens with zero attached hydrogens (tertiary/aromatic N) is 3. The Kier molecular flexibility index (Phi) is 6.59.